The van der Waals surface area contributed by atoms with Crippen LogP contribution in [0.3, 0.4) is 0 Å². The summed E-state index contributed by atoms with van der Waals surface area (Å²) < 4.78 is 2.41. The van der Waals surface area contributed by atoms with Gasteiger partial charge >= 0.3 is 0 Å². The summed E-state index contributed by atoms with van der Waals surface area (Å²) in [7, 11) is 1.85. The normalized spacial score (nSPS) is 18.1. The van der Waals surface area contributed by atoms with Gasteiger partial charge in [0.05, 0.1) is 0 Å². The lowest BCUT2D eigenvalue weighted by atomic mass is 9.64. The molecule has 0 amide bonds. The van der Waals surface area contributed by atoms with Crippen molar-refractivity contribution < 1.29 is 0 Å². The molecule has 1 aromatic heterocycles. The van der Waals surface area contributed by atoms with Crippen LogP contribution in [0, 0.1) is 0 Å². The van der Waals surface area contributed by atoms with E-state index in [9.17, 15) is 0 Å². The smallest absolute Gasteiger partial charge is 0.191 e. The Balaban J connectivity index is 0.00000289. The van der Waals surface area contributed by atoms with E-state index in [1.807, 2.05) is 7.05 Å². The summed E-state index contributed by atoms with van der Waals surface area (Å²) in [5, 5.41) is 17.1. The summed E-state index contributed by atoms with van der Waals surface area (Å²) in [5.41, 5.74) is 1.70. The average molecular weight is 569 g/mol. The average Bonchev–Trinajstić information content (AvgIpc) is 3.44. The Morgan fingerprint density at radius 1 is 1.12 bits per heavy atom. The second-order valence-corrected chi connectivity index (χ2v) is 9.64. The number of halogens is 1. The summed E-state index contributed by atoms with van der Waals surface area (Å²) in [5.74, 6) is 2.03. The third-order valence-electron chi connectivity index (χ3n) is 6.99. The van der Waals surface area contributed by atoms with Crippen LogP contribution >= 0.6 is 35.7 Å². The van der Waals surface area contributed by atoms with E-state index in [0.29, 0.717) is 6.04 Å². The molecule has 0 bridgehead atoms. The second kappa shape index (κ2) is 12.3. The van der Waals surface area contributed by atoms with Crippen LogP contribution in [0.5, 0.6) is 0 Å². The highest BCUT2D eigenvalue weighted by Gasteiger charge is 2.38. The molecule has 4 rings (SSSR count). The molecule has 0 saturated heterocycles. The van der Waals surface area contributed by atoms with Gasteiger partial charge < -0.3 is 15.2 Å². The van der Waals surface area contributed by atoms with Crippen LogP contribution in [0.2, 0.25) is 0 Å². The summed E-state index contributed by atoms with van der Waals surface area (Å²) in [6.45, 7) is 1.81. The molecule has 6 nitrogen and oxygen atoms in total. The van der Waals surface area contributed by atoms with Crippen molar-refractivity contribution in [2.75, 3.05) is 26.4 Å². The largest absolute Gasteiger partial charge is 0.356 e. The molecule has 2 aliphatic rings. The standard InChI is InChI=1S/C24H36N6S.HI/c1-25-22(27-18-24(15-9-16-24)19-10-4-3-5-11-19)26-17-8-14-21-28-29-23(31-2)30(21)20-12-6-7-13-20;/h3-5,10-11,20H,6-9,12-18H2,1-2H3,(H2,25,26,27);1H. The van der Waals surface area contributed by atoms with Crippen molar-refractivity contribution in [1.82, 2.24) is 25.4 Å². The number of hydrogen-bond acceptors (Lipinski definition) is 4. The molecule has 8 heteroatoms. The molecule has 32 heavy (non-hydrogen) atoms. The molecule has 2 fully saturated rings. The van der Waals surface area contributed by atoms with Crippen LogP contribution in [0.25, 0.3) is 0 Å². The van der Waals surface area contributed by atoms with E-state index in [1.54, 1.807) is 11.8 Å². The molecule has 2 saturated carbocycles. The minimum Gasteiger partial charge on any atom is -0.356 e. The monoisotopic (exact) mass is 568 g/mol. The minimum absolute atomic E-state index is 0. The molecule has 176 valence electrons. The maximum absolute atomic E-state index is 4.51. The number of aliphatic imine (C=N–C) groups is 1. The van der Waals surface area contributed by atoms with Gasteiger partial charge in [0.1, 0.15) is 5.82 Å². The highest BCUT2D eigenvalue weighted by Crippen LogP contribution is 2.43. The van der Waals surface area contributed by atoms with E-state index in [1.165, 1.54) is 50.5 Å². The van der Waals surface area contributed by atoms with Crippen LogP contribution in [0.4, 0.5) is 0 Å². The number of guanidine groups is 1. The van der Waals surface area contributed by atoms with Crippen LogP contribution in [-0.4, -0.2) is 47.1 Å². The van der Waals surface area contributed by atoms with Gasteiger partial charge in [-0.05, 0) is 43.9 Å². The Bertz CT molecular complexity index is 859. The molecular weight excluding hydrogens is 531 g/mol. The third-order valence-corrected chi connectivity index (χ3v) is 7.64. The summed E-state index contributed by atoms with van der Waals surface area (Å²) in [6, 6.07) is 11.5. The fourth-order valence-electron chi connectivity index (χ4n) is 5.04. The lowest BCUT2D eigenvalue weighted by molar-refractivity contribution is 0.244. The second-order valence-electron chi connectivity index (χ2n) is 8.87. The summed E-state index contributed by atoms with van der Waals surface area (Å²) in [4.78, 5) is 4.44. The molecule has 0 spiro atoms. The van der Waals surface area contributed by atoms with Crippen molar-refractivity contribution >= 4 is 41.7 Å². The number of nitrogens with one attached hydrogen (secondary N) is 2. The minimum atomic E-state index is 0. The van der Waals surface area contributed by atoms with Crippen molar-refractivity contribution in [1.29, 1.82) is 0 Å². The van der Waals surface area contributed by atoms with Gasteiger partial charge in [0, 0.05) is 38.0 Å². The Labute approximate surface area is 213 Å². The number of aromatic nitrogens is 3. The van der Waals surface area contributed by atoms with Crippen molar-refractivity contribution in [2.24, 2.45) is 4.99 Å². The first kappa shape index (κ1) is 25.3. The first-order chi connectivity index (χ1) is 15.3. The Morgan fingerprint density at radius 3 is 2.50 bits per heavy atom. The van der Waals surface area contributed by atoms with Crippen LogP contribution < -0.4 is 10.6 Å². The Kier molecular flexibility index (Phi) is 9.70. The predicted octanol–water partition coefficient (Wildman–Crippen LogP) is 4.95. The van der Waals surface area contributed by atoms with Crippen LogP contribution in [-0.2, 0) is 11.8 Å². The molecule has 2 N–H and O–H groups in total. The molecule has 1 aromatic carbocycles. The molecule has 0 unspecified atom stereocenters. The number of aryl methyl sites for hydroxylation is 1. The molecular formula is C24H37IN6S. The van der Waals surface area contributed by atoms with E-state index >= 15 is 0 Å². The zero-order valence-electron chi connectivity index (χ0n) is 19.3. The van der Waals surface area contributed by atoms with E-state index in [2.05, 4.69) is 67.0 Å². The summed E-state index contributed by atoms with van der Waals surface area (Å²) >= 11 is 1.71. The number of rotatable bonds is 9. The zero-order valence-corrected chi connectivity index (χ0v) is 22.5. The molecule has 0 radical (unpaired) electrons. The lowest BCUT2D eigenvalue weighted by Gasteiger charge is -2.43. The van der Waals surface area contributed by atoms with Gasteiger partial charge in [-0.2, -0.15) is 0 Å². The SMILES string of the molecule is CN=C(NCCCc1nnc(SC)n1C1CCCC1)NCC1(c2ccccc2)CCC1.I. The van der Waals surface area contributed by atoms with Gasteiger partial charge in [0.2, 0.25) is 0 Å². The molecule has 1 heterocycles. The van der Waals surface area contributed by atoms with Gasteiger partial charge in [0.15, 0.2) is 11.1 Å². The number of nitrogens with zero attached hydrogens (tertiary/aromatic N) is 4. The van der Waals surface area contributed by atoms with Crippen molar-refractivity contribution in [3.8, 4) is 0 Å². The molecule has 2 aliphatic carbocycles. The number of benzene rings is 1. The van der Waals surface area contributed by atoms with Gasteiger partial charge in [0.25, 0.3) is 0 Å². The van der Waals surface area contributed by atoms with E-state index in [4.69, 9.17) is 0 Å². The number of thioether (sulfide) groups is 1. The van der Waals surface area contributed by atoms with Gasteiger partial charge in [-0.3, -0.25) is 4.99 Å². The van der Waals surface area contributed by atoms with Crippen molar-refractivity contribution in [3.63, 3.8) is 0 Å². The number of hydrogen-bond donors (Lipinski definition) is 2. The van der Waals surface area contributed by atoms with Gasteiger partial charge in [-0.1, -0.05) is 61.4 Å². The third kappa shape index (κ3) is 5.79. The maximum atomic E-state index is 4.51. The molecule has 0 atom stereocenters. The van der Waals surface area contributed by atoms with Crippen LogP contribution in [0.1, 0.15) is 68.8 Å². The topological polar surface area (TPSA) is 67.1 Å². The lowest BCUT2D eigenvalue weighted by Crippen LogP contribution is -2.49. The Morgan fingerprint density at radius 2 is 1.88 bits per heavy atom. The zero-order chi connectivity index (χ0) is 21.5. The molecule has 2 aromatic rings. The quantitative estimate of drug-likeness (QED) is 0.147. The maximum Gasteiger partial charge on any atom is 0.191 e. The first-order valence-corrected chi connectivity index (χ1v) is 13.0. The van der Waals surface area contributed by atoms with Crippen LogP contribution in [0.15, 0.2) is 40.5 Å². The first-order valence-electron chi connectivity index (χ1n) is 11.7. The van der Waals surface area contributed by atoms with Gasteiger partial charge in [-0.15, -0.1) is 34.2 Å². The predicted molar refractivity (Wildman–Crippen MR) is 144 cm³/mol. The van der Waals surface area contributed by atoms with E-state index < -0.39 is 0 Å². The fraction of sp³-hybridized carbons (Fsp3) is 0.625. The Hall–Kier alpha value is -1.29. The van der Waals surface area contributed by atoms with E-state index in [0.717, 1.165) is 42.9 Å². The highest BCUT2D eigenvalue weighted by atomic mass is 127. The fourth-order valence-corrected chi connectivity index (χ4v) is 5.61. The van der Waals surface area contributed by atoms with Crippen molar-refractivity contribution in [3.05, 3.63) is 41.7 Å². The van der Waals surface area contributed by atoms with Crippen molar-refractivity contribution in [2.45, 2.75) is 74.4 Å². The van der Waals surface area contributed by atoms with E-state index in [-0.39, 0.29) is 29.4 Å². The summed E-state index contributed by atoms with van der Waals surface area (Å²) in [6.07, 6.45) is 13.0. The highest BCUT2D eigenvalue weighted by molar-refractivity contribution is 14.0. The van der Waals surface area contributed by atoms with Gasteiger partial charge in [-0.25, -0.2) is 0 Å². The molecule has 0 aliphatic heterocycles.